The molecule has 0 amide bonds. The molecule has 100 valence electrons. The van der Waals surface area contributed by atoms with Crippen LogP contribution in [0.3, 0.4) is 0 Å². The number of aryl methyl sites for hydroxylation is 3. The van der Waals surface area contributed by atoms with E-state index in [-0.39, 0.29) is 5.38 Å². The van der Waals surface area contributed by atoms with Crippen molar-refractivity contribution in [2.24, 2.45) is 0 Å². The third-order valence-corrected chi connectivity index (χ3v) is 3.83. The minimum atomic E-state index is -0.185. The van der Waals surface area contributed by atoms with E-state index in [2.05, 4.69) is 45.0 Å². The fourth-order valence-electron chi connectivity index (χ4n) is 2.33. The van der Waals surface area contributed by atoms with Crippen molar-refractivity contribution < 1.29 is 4.74 Å². The van der Waals surface area contributed by atoms with Crippen molar-refractivity contribution in [2.75, 3.05) is 7.11 Å². The number of hydrogen-bond donors (Lipinski definition) is 0. The van der Waals surface area contributed by atoms with Crippen LogP contribution < -0.4 is 4.74 Å². The average molecular weight is 275 g/mol. The first kappa shape index (κ1) is 14.0. The fourth-order valence-corrected chi connectivity index (χ4v) is 2.74. The predicted molar refractivity (Wildman–Crippen MR) is 81.3 cm³/mol. The number of rotatable bonds is 3. The van der Waals surface area contributed by atoms with Gasteiger partial charge < -0.3 is 4.74 Å². The Morgan fingerprint density at radius 2 is 1.53 bits per heavy atom. The molecule has 1 nitrogen and oxygen atoms in total. The number of methoxy groups -OCH3 is 1. The van der Waals surface area contributed by atoms with Crippen molar-refractivity contribution >= 4 is 11.6 Å². The van der Waals surface area contributed by atoms with Gasteiger partial charge in [0.1, 0.15) is 5.75 Å². The summed E-state index contributed by atoms with van der Waals surface area (Å²) >= 11 is 6.67. The highest BCUT2D eigenvalue weighted by Crippen LogP contribution is 2.37. The summed E-state index contributed by atoms with van der Waals surface area (Å²) in [6, 6.07) is 12.5. The highest BCUT2D eigenvalue weighted by atomic mass is 35.5. The Morgan fingerprint density at radius 1 is 0.895 bits per heavy atom. The molecule has 0 saturated heterocycles. The Labute approximate surface area is 120 Å². The topological polar surface area (TPSA) is 9.23 Å². The fraction of sp³-hybridized carbons (Fsp3) is 0.294. The van der Waals surface area contributed by atoms with Gasteiger partial charge in [-0.2, -0.15) is 0 Å². The Morgan fingerprint density at radius 3 is 2.16 bits per heavy atom. The van der Waals surface area contributed by atoms with E-state index < -0.39 is 0 Å². The Bertz CT molecular complexity index is 590. The summed E-state index contributed by atoms with van der Waals surface area (Å²) in [6.07, 6.45) is 0. The SMILES string of the molecule is COc1ccc(C)cc1C(Cl)c1ccc(C)cc1C. The lowest BCUT2D eigenvalue weighted by Crippen LogP contribution is -2.00. The van der Waals surface area contributed by atoms with Crippen LogP contribution in [0.15, 0.2) is 36.4 Å². The van der Waals surface area contributed by atoms with Crippen LogP contribution in [0.4, 0.5) is 0 Å². The molecule has 1 atom stereocenters. The summed E-state index contributed by atoms with van der Waals surface area (Å²) in [6.45, 7) is 6.25. The van der Waals surface area contributed by atoms with Crippen LogP contribution in [-0.2, 0) is 0 Å². The second-order valence-electron chi connectivity index (χ2n) is 4.97. The third kappa shape index (κ3) is 2.93. The molecule has 0 aliphatic heterocycles. The maximum absolute atomic E-state index is 6.67. The van der Waals surface area contributed by atoms with Crippen molar-refractivity contribution in [1.29, 1.82) is 0 Å². The zero-order valence-electron chi connectivity index (χ0n) is 11.8. The van der Waals surface area contributed by atoms with Crippen LogP contribution >= 0.6 is 11.6 Å². The quantitative estimate of drug-likeness (QED) is 0.720. The monoisotopic (exact) mass is 274 g/mol. The lowest BCUT2D eigenvalue weighted by molar-refractivity contribution is 0.410. The molecule has 2 heteroatoms. The van der Waals surface area contributed by atoms with Crippen LogP contribution in [-0.4, -0.2) is 7.11 Å². The molecule has 0 aromatic heterocycles. The molecule has 1 unspecified atom stereocenters. The molecule has 0 bridgehead atoms. The first-order valence-electron chi connectivity index (χ1n) is 6.38. The summed E-state index contributed by atoms with van der Waals surface area (Å²) in [7, 11) is 1.68. The van der Waals surface area contributed by atoms with Crippen LogP contribution in [0.1, 0.15) is 33.2 Å². The van der Waals surface area contributed by atoms with E-state index in [9.17, 15) is 0 Å². The first-order valence-corrected chi connectivity index (χ1v) is 6.82. The van der Waals surface area contributed by atoms with Gasteiger partial charge in [0.05, 0.1) is 12.5 Å². The average Bonchev–Trinajstić information content (AvgIpc) is 2.38. The minimum absolute atomic E-state index is 0.185. The highest BCUT2D eigenvalue weighted by Gasteiger charge is 2.17. The molecule has 0 fully saturated rings. The lowest BCUT2D eigenvalue weighted by Gasteiger charge is -2.17. The summed E-state index contributed by atoms with van der Waals surface area (Å²) in [5, 5.41) is -0.185. The molecule has 0 spiro atoms. The number of ether oxygens (including phenoxy) is 1. The number of hydrogen-bond acceptors (Lipinski definition) is 1. The molecule has 0 saturated carbocycles. The van der Waals surface area contributed by atoms with Crippen molar-refractivity contribution in [2.45, 2.75) is 26.1 Å². The number of benzene rings is 2. The molecule has 0 radical (unpaired) electrons. The summed E-state index contributed by atoms with van der Waals surface area (Å²) < 4.78 is 5.42. The maximum atomic E-state index is 6.67. The van der Waals surface area contributed by atoms with Crippen LogP contribution in [0, 0.1) is 20.8 Å². The Balaban J connectivity index is 2.49. The van der Waals surface area contributed by atoms with Gasteiger partial charge in [0.15, 0.2) is 0 Å². The number of alkyl halides is 1. The first-order chi connectivity index (χ1) is 9.02. The zero-order valence-corrected chi connectivity index (χ0v) is 12.6. The summed E-state index contributed by atoms with van der Waals surface area (Å²) in [4.78, 5) is 0. The molecule has 2 rings (SSSR count). The second kappa shape index (κ2) is 5.66. The molecule has 0 heterocycles. The maximum Gasteiger partial charge on any atom is 0.123 e. The van der Waals surface area contributed by atoms with Crippen LogP contribution in [0.2, 0.25) is 0 Å². The second-order valence-corrected chi connectivity index (χ2v) is 5.40. The summed E-state index contributed by atoms with van der Waals surface area (Å²) in [5.74, 6) is 0.838. The van der Waals surface area contributed by atoms with E-state index in [0.717, 1.165) is 16.9 Å². The van der Waals surface area contributed by atoms with Crippen molar-refractivity contribution in [1.82, 2.24) is 0 Å². The van der Waals surface area contributed by atoms with Gasteiger partial charge >= 0.3 is 0 Å². The molecule has 2 aromatic rings. The minimum Gasteiger partial charge on any atom is -0.496 e. The van der Waals surface area contributed by atoms with Crippen LogP contribution in [0.25, 0.3) is 0 Å². The zero-order chi connectivity index (χ0) is 14.0. The van der Waals surface area contributed by atoms with E-state index >= 15 is 0 Å². The normalized spacial score (nSPS) is 12.3. The predicted octanol–water partition coefficient (Wildman–Crippen LogP) is 4.95. The van der Waals surface area contributed by atoms with E-state index in [0.29, 0.717) is 0 Å². The summed E-state index contributed by atoms with van der Waals surface area (Å²) in [5.41, 5.74) is 5.81. The van der Waals surface area contributed by atoms with Gasteiger partial charge in [-0.05, 0) is 38.0 Å². The van der Waals surface area contributed by atoms with Gasteiger partial charge in [0.2, 0.25) is 0 Å². The smallest absolute Gasteiger partial charge is 0.123 e. The molecular weight excluding hydrogens is 256 g/mol. The van der Waals surface area contributed by atoms with E-state index in [1.54, 1.807) is 7.11 Å². The van der Waals surface area contributed by atoms with Gasteiger partial charge in [-0.3, -0.25) is 0 Å². The molecule has 0 N–H and O–H groups in total. The molecule has 2 aromatic carbocycles. The van der Waals surface area contributed by atoms with E-state index in [1.165, 1.54) is 16.7 Å². The Hall–Kier alpha value is -1.47. The molecule has 19 heavy (non-hydrogen) atoms. The van der Waals surface area contributed by atoms with Gasteiger partial charge in [-0.15, -0.1) is 11.6 Å². The van der Waals surface area contributed by atoms with Gasteiger partial charge in [-0.1, -0.05) is 41.5 Å². The van der Waals surface area contributed by atoms with Crippen molar-refractivity contribution in [3.05, 3.63) is 64.2 Å². The van der Waals surface area contributed by atoms with E-state index in [4.69, 9.17) is 16.3 Å². The third-order valence-electron chi connectivity index (χ3n) is 3.36. The van der Waals surface area contributed by atoms with Gasteiger partial charge in [-0.25, -0.2) is 0 Å². The Kier molecular flexibility index (Phi) is 4.16. The highest BCUT2D eigenvalue weighted by molar-refractivity contribution is 6.23. The largest absolute Gasteiger partial charge is 0.496 e. The van der Waals surface area contributed by atoms with Crippen molar-refractivity contribution in [3.8, 4) is 5.75 Å². The molecular formula is C17H19ClO. The van der Waals surface area contributed by atoms with Crippen molar-refractivity contribution in [3.63, 3.8) is 0 Å². The standard InChI is InChI=1S/C17H19ClO/c1-11-5-7-14(13(3)9-11)17(18)15-10-12(2)6-8-16(15)19-4/h5-10,17H,1-4H3. The number of halogens is 1. The van der Waals surface area contributed by atoms with Gasteiger partial charge in [0, 0.05) is 5.56 Å². The lowest BCUT2D eigenvalue weighted by atomic mass is 9.97. The van der Waals surface area contributed by atoms with Crippen LogP contribution in [0.5, 0.6) is 5.75 Å². The van der Waals surface area contributed by atoms with E-state index in [1.807, 2.05) is 12.1 Å². The van der Waals surface area contributed by atoms with Gasteiger partial charge in [0.25, 0.3) is 0 Å². The molecule has 0 aliphatic carbocycles. The molecule has 0 aliphatic rings.